The van der Waals surface area contributed by atoms with Crippen molar-refractivity contribution in [3.8, 4) is 5.75 Å². The van der Waals surface area contributed by atoms with Crippen LogP contribution in [0.5, 0.6) is 5.75 Å². The van der Waals surface area contributed by atoms with Gasteiger partial charge < -0.3 is 14.6 Å². The van der Waals surface area contributed by atoms with Crippen LogP contribution >= 0.6 is 0 Å². The maximum Gasteiger partial charge on any atom is 0.226 e. The number of hydrogen-bond acceptors (Lipinski definition) is 3. The molecule has 3 heterocycles. The molecule has 1 aliphatic carbocycles. The lowest BCUT2D eigenvalue weighted by molar-refractivity contribution is -0.141. The summed E-state index contributed by atoms with van der Waals surface area (Å²) in [6.45, 7) is 3.85. The number of benzene rings is 2. The smallest absolute Gasteiger partial charge is 0.226 e. The van der Waals surface area contributed by atoms with Gasteiger partial charge in [-0.3, -0.25) is 14.1 Å². The first kappa shape index (κ1) is 26.2. The van der Waals surface area contributed by atoms with Gasteiger partial charge in [0.05, 0.1) is 12.2 Å². The normalized spacial score (nSPS) is 22.6. The van der Waals surface area contributed by atoms with E-state index in [1.807, 2.05) is 31.2 Å². The van der Waals surface area contributed by atoms with Crippen LogP contribution in [0.15, 0.2) is 36.4 Å². The van der Waals surface area contributed by atoms with Gasteiger partial charge >= 0.3 is 0 Å². The minimum absolute atomic E-state index is 0.0169. The molecule has 0 spiro atoms. The summed E-state index contributed by atoms with van der Waals surface area (Å²) < 4.78 is 50.1. The van der Waals surface area contributed by atoms with Gasteiger partial charge in [0.2, 0.25) is 5.91 Å². The van der Waals surface area contributed by atoms with E-state index < -0.39 is 17.7 Å². The molecule has 2 fully saturated rings. The molecule has 6 rings (SSSR count). The molecule has 39 heavy (non-hydrogen) atoms. The number of nitrogens with zero attached hydrogens (tertiary/aromatic N) is 2. The standard InChI is InChI=1S/C31H36F3N3O2/c1-19-13-24-23-9-5-6-10-27(23)35-29(24)30(37(19)31(38)21-7-3-2-4-8-21)28-25(33)14-22(15-26(28)34)39-12-11-36-17-20(16-32)18-36/h5-6,9-10,14-15,19-21,30,35H,2-4,7-8,11-13,16-18H2,1H3/t19-,30-/m1/s1. The molecule has 2 aromatic carbocycles. The second-order valence-corrected chi connectivity index (χ2v) is 11.5. The third-order valence-corrected chi connectivity index (χ3v) is 8.83. The van der Waals surface area contributed by atoms with Crippen molar-refractivity contribution < 1.29 is 22.7 Å². The molecule has 1 N–H and O–H groups in total. The van der Waals surface area contributed by atoms with Crippen LogP contribution in [0, 0.1) is 23.5 Å². The summed E-state index contributed by atoms with van der Waals surface area (Å²) in [7, 11) is 0. The molecule has 0 radical (unpaired) electrons. The van der Waals surface area contributed by atoms with Crippen LogP contribution in [-0.2, 0) is 11.2 Å². The molecule has 3 aliphatic rings. The number of alkyl halides is 1. The van der Waals surface area contributed by atoms with Crippen molar-refractivity contribution in [2.24, 2.45) is 11.8 Å². The quantitative estimate of drug-likeness (QED) is 0.391. The van der Waals surface area contributed by atoms with Crippen LogP contribution < -0.4 is 4.74 Å². The summed E-state index contributed by atoms with van der Waals surface area (Å²) in [4.78, 5) is 21.2. The number of likely N-dealkylation sites (tertiary alicyclic amines) is 1. The zero-order valence-corrected chi connectivity index (χ0v) is 22.4. The van der Waals surface area contributed by atoms with E-state index >= 15 is 8.78 Å². The monoisotopic (exact) mass is 539 g/mol. The first-order valence-corrected chi connectivity index (χ1v) is 14.3. The average Bonchev–Trinajstić information content (AvgIpc) is 3.28. The van der Waals surface area contributed by atoms with Gasteiger partial charge in [0.25, 0.3) is 0 Å². The summed E-state index contributed by atoms with van der Waals surface area (Å²) in [6.07, 6.45) is 5.37. The Morgan fingerprint density at radius 3 is 2.51 bits per heavy atom. The molecule has 5 nitrogen and oxygen atoms in total. The van der Waals surface area contributed by atoms with Gasteiger partial charge in [-0.25, -0.2) is 8.78 Å². The molecular formula is C31H36F3N3O2. The van der Waals surface area contributed by atoms with E-state index in [0.717, 1.165) is 48.6 Å². The lowest BCUT2D eigenvalue weighted by Gasteiger charge is -2.43. The fraction of sp³-hybridized carbons (Fsp3) is 0.516. The van der Waals surface area contributed by atoms with Crippen molar-refractivity contribution in [2.75, 3.05) is 32.9 Å². The van der Waals surface area contributed by atoms with Crippen molar-refractivity contribution in [1.82, 2.24) is 14.8 Å². The average molecular weight is 540 g/mol. The Bertz CT molecular complexity index is 1320. The number of hydrogen-bond donors (Lipinski definition) is 1. The van der Waals surface area contributed by atoms with Gasteiger partial charge in [0.15, 0.2) is 0 Å². The molecule has 2 atom stereocenters. The van der Waals surface area contributed by atoms with E-state index in [1.165, 1.54) is 12.1 Å². The molecule has 3 aromatic rings. The lowest BCUT2D eigenvalue weighted by Crippen LogP contribution is -2.49. The minimum Gasteiger partial charge on any atom is -0.492 e. The van der Waals surface area contributed by atoms with E-state index in [4.69, 9.17) is 4.74 Å². The maximum atomic E-state index is 15.9. The summed E-state index contributed by atoms with van der Waals surface area (Å²) in [5, 5.41) is 1.02. The predicted octanol–water partition coefficient (Wildman–Crippen LogP) is 6.17. The Morgan fingerprint density at radius 2 is 1.79 bits per heavy atom. The van der Waals surface area contributed by atoms with E-state index in [0.29, 0.717) is 31.7 Å². The molecule has 2 aliphatic heterocycles. The van der Waals surface area contributed by atoms with Crippen molar-refractivity contribution in [3.05, 3.63) is 64.9 Å². The Balaban J connectivity index is 1.34. The van der Waals surface area contributed by atoms with Gasteiger partial charge in [-0.15, -0.1) is 0 Å². The van der Waals surface area contributed by atoms with Crippen LogP contribution in [-0.4, -0.2) is 59.6 Å². The number of aromatic nitrogens is 1. The fourth-order valence-electron chi connectivity index (χ4n) is 6.80. The highest BCUT2D eigenvalue weighted by molar-refractivity contribution is 5.87. The third kappa shape index (κ3) is 4.92. The number of H-pyrrole nitrogens is 1. The van der Waals surface area contributed by atoms with Crippen LogP contribution in [0.2, 0.25) is 0 Å². The number of carbonyl (C=O) groups is 1. The minimum atomic E-state index is -0.890. The van der Waals surface area contributed by atoms with E-state index in [-0.39, 0.29) is 48.4 Å². The molecule has 1 saturated heterocycles. The lowest BCUT2D eigenvalue weighted by atomic mass is 9.83. The number of rotatable bonds is 7. The Labute approximate surface area is 227 Å². The number of halogens is 3. The molecule has 1 saturated carbocycles. The summed E-state index contributed by atoms with van der Waals surface area (Å²) in [6, 6.07) is 9.21. The molecule has 8 heteroatoms. The molecule has 0 unspecified atom stereocenters. The number of nitrogens with one attached hydrogen (secondary N) is 1. The molecule has 0 bridgehead atoms. The maximum absolute atomic E-state index is 15.9. The van der Waals surface area contributed by atoms with E-state index in [9.17, 15) is 9.18 Å². The summed E-state index contributed by atoms with van der Waals surface area (Å²) in [5.41, 5.74) is 2.47. The SMILES string of the molecule is C[C@@H]1Cc2c([nH]c3ccccc23)[C@@H](c2c(F)cc(OCCN3CC(CF)C3)cc2F)N1C(=O)C1CCCCC1. The summed E-state index contributed by atoms with van der Waals surface area (Å²) >= 11 is 0. The van der Waals surface area contributed by atoms with Crippen molar-refractivity contribution in [2.45, 2.75) is 57.5 Å². The van der Waals surface area contributed by atoms with Gasteiger partial charge in [0, 0.05) is 66.2 Å². The Hall–Kier alpha value is -3.00. The van der Waals surface area contributed by atoms with Gasteiger partial charge in [0.1, 0.15) is 30.0 Å². The van der Waals surface area contributed by atoms with Crippen LogP contribution in [0.25, 0.3) is 10.9 Å². The topological polar surface area (TPSA) is 48.6 Å². The molecule has 1 amide bonds. The predicted molar refractivity (Wildman–Crippen MR) is 144 cm³/mol. The van der Waals surface area contributed by atoms with Crippen molar-refractivity contribution in [1.29, 1.82) is 0 Å². The second kappa shape index (κ2) is 10.9. The van der Waals surface area contributed by atoms with Crippen LogP contribution in [0.3, 0.4) is 0 Å². The van der Waals surface area contributed by atoms with Gasteiger partial charge in [-0.2, -0.15) is 0 Å². The first-order valence-electron chi connectivity index (χ1n) is 14.3. The highest BCUT2D eigenvalue weighted by atomic mass is 19.1. The zero-order chi connectivity index (χ0) is 27.1. The highest BCUT2D eigenvalue weighted by Gasteiger charge is 2.43. The number of ether oxygens (including phenoxy) is 1. The number of para-hydroxylation sites is 1. The van der Waals surface area contributed by atoms with Gasteiger partial charge in [-0.05, 0) is 37.8 Å². The number of fused-ring (bicyclic) bond motifs is 3. The fourth-order valence-corrected chi connectivity index (χ4v) is 6.80. The number of carbonyl (C=O) groups excluding carboxylic acids is 1. The zero-order valence-electron chi connectivity index (χ0n) is 22.4. The van der Waals surface area contributed by atoms with Crippen molar-refractivity contribution in [3.63, 3.8) is 0 Å². The number of aromatic amines is 1. The Morgan fingerprint density at radius 1 is 1.08 bits per heavy atom. The second-order valence-electron chi connectivity index (χ2n) is 11.5. The first-order chi connectivity index (χ1) is 18.9. The van der Waals surface area contributed by atoms with Crippen molar-refractivity contribution >= 4 is 16.8 Å². The van der Waals surface area contributed by atoms with Crippen LogP contribution in [0.4, 0.5) is 13.2 Å². The summed E-state index contributed by atoms with van der Waals surface area (Å²) in [5.74, 6) is -1.40. The highest BCUT2D eigenvalue weighted by Crippen LogP contribution is 2.44. The molecule has 208 valence electrons. The van der Waals surface area contributed by atoms with E-state index in [2.05, 4.69) is 9.88 Å². The number of amides is 1. The molecule has 1 aromatic heterocycles. The van der Waals surface area contributed by atoms with E-state index in [1.54, 1.807) is 4.90 Å². The van der Waals surface area contributed by atoms with Gasteiger partial charge in [-0.1, -0.05) is 37.5 Å². The Kier molecular flexibility index (Phi) is 7.31. The largest absolute Gasteiger partial charge is 0.492 e. The molecular weight excluding hydrogens is 503 g/mol. The van der Waals surface area contributed by atoms with Crippen LogP contribution in [0.1, 0.15) is 61.9 Å². The third-order valence-electron chi connectivity index (χ3n) is 8.83.